The molecule has 534 valence electrons. The summed E-state index contributed by atoms with van der Waals surface area (Å²) in [5, 5.41) is 10.6. The molecule has 0 aliphatic heterocycles. The zero-order chi connectivity index (χ0) is 66.6. The van der Waals surface area contributed by atoms with E-state index in [-0.39, 0.29) is 25.7 Å². The van der Waals surface area contributed by atoms with E-state index in [4.69, 9.17) is 37.0 Å². The van der Waals surface area contributed by atoms with Gasteiger partial charge in [-0.15, -0.1) is 0 Å². The molecule has 0 radical (unpaired) electrons. The third-order valence-electron chi connectivity index (χ3n) is 16.7. The topological polar surface area (TPSA) is 237 Å². The first-order valence-electron chi connectivity index (χ1n) is 36.9. The molecule has 0 rings (SSSR count). The number of aliphatic hydroxyl groups excluding tert-OH is 1. The van der Waals surface area contributed by atoms with Crippen LogP contribution in [0.5, 0.6) is 0 Å². The van der Waals surface area contributed by atoms with Crippen LogP contribution >= 0.6 is 15.6 Å². The van der Waals surface area contributed by atoms with Gasteiger partial charge in [0.15, 0.2) is 12.2 Å². The van der Waals surface area contributed by atoms with Crippen LogP contribution in [0.25, 0.3) is 0 Å². The highest BCUT2D eigenvalue weighted by atomic mass is 31.2. The zero-order valence-corrected chi connectivity index (χ0v) is 60.4. The van der Waals surface area contributed by atoms with Crippen LogP contribution in [0.15, 0.2) is 0 Å². The summed E-state index contributed by atoms with van der Waals surface area (Å²) < 4.78 is 68.1. The van der Waals surface area contributed by atoms with Crippen molar-refractivity contribution in [1.82, 2.24) is 0 Å². The van der Waals surface area contributed by atoms with Crippen LogP contribution in [-0.4, -0.2) is 96.7 Å². The first-order valence-corrected chi connectivity index (χ1v) is 39.9. The highest BCUT2D eigenvalue weighted by molar-refractivity contribution is 7.47. The maximum absolute atomic E-state index is 13.0. The summed E-state index contributed by atoms with van der Waals surface area (Å²) in [7, 11) is -9.89. The standard InChI is InChI=1S/C71H138O17P2/c1-8-10-11-35-45-52-68(73)81-58-66(87-70(75)55-48-41-34-28-21-19-24-30-37-43-50-63(5)6)60-85-89(77,78)83-56-65(72)57-84-90(79,80)86-61-67(59-82-69(74)53-46-39-32-26-22-20-25-31-38-44-51-64(7)9-2)88-71(76)54-47-40-33-27-18-16-14-12-13-15-17-23-29-36-42-49-62(3)4/h62-67,72H,8-61H2,1-7H3,(H,77,78)(H,79,80)/t64?,65-,66+,67+/m0/s1. The lowest BCUT2D eigenvalue weighted by Gasteiger charge is -2.21. The number of hydrogen-bond donors (Lipinski definition) is 3. The Morgan fingerprint density at radius 2 is 0.567 bits per heavy atom. The van der Waals surface area contributed by atoms with Crippen LogP contribution in [0.1, 0.15) is 357 Å². The Morgan fingerprint density at radius 3 is 0.844 bits per heavy atom. The number of phosphoric ester groups is 2. The monoisotopic (exact) mass is 1320 g/mol. The number of aliphatic hydroxyl groups is 1. The number of phosphoric acid groups is 2. The Labute approximate surface area is 549 Å². The minimum absolute atomic E-state index is 0.105. The van der Waals surface area contributed by atoms with E-state index in [0.29, 0.717) is 25.7 Å². The van der Waals surface area contributed by atoms with Crippen LogP contribution in [0.4, 0.5) is 0 Å². The number of carbonyl (C=O) groups excluding carboxylic acids is 4. The van der Waals surface area contributed by atoms with Crippen molar-refractivity contribution in [2.45, 2.75) is 375 Å². The fraction of sp³-hybridized carbons (Fsp3) is 0.944. The van der Waals surface area contributed by atoms with Gasteiger partial charge in [-0.25, -0.2) is 9.13 Å². The van der Waals surface area contributed by atoms with Crippen molar-refractivity contribution in [2.75, 3.05) is 39.6 Å². The van der Waals surface area contributed by atoms with Crippen molar-refractivity contribution in [3.8, 4) is 0 Å². The van der Waals surface area contributed by atoms with E-state index in [1.54, 1.807) is 0 Å². The first kappa shape index (κ1) is 88.1. The van der Waals surface area contributed by atoms with Gasteiger partial charge in [0.25, 0.3) is 0 Å². The summed E-state index contributed by atoms with van der Waals surface area (Å²) in [6.07, 6.45) is 46.1. The largest absolute Gasteiger partial charge is 0.472 e. The predicted octanol–water partition coefficient (Wildman–Crippen LogP) is 20.2. The average Bonchev–Trinajstić information content (AvgIpc) is 2.78. The summed E-state index contributed by atoms with van der Waals surface area (Å²) in [6, 6.07) is 0. The maximum Gasteiger partial charge on any atom is 0.472 e. The third-order valence-corrected chi connectivity index (χ3v) is 18.6. The number of carbonyl (C=O) groups is 4. The summed E-state index contributed by atoms with van der Waals surface area (Å²) in [6.45, 7) is 11.8. The Bertz CT molecular complexity index is 1770. The number of esters is 4. The summed E-state index contributed by atoms with van der Waals surface area (Å²) in [4.78, 5) is 72.3. The number of unbranched alkanes of at least 4 members (excludes halogenated alkanes) is 36. The second kappa shape index (κ2) is 61.9. The van der Waals surface area contributed by atoms with Gasteiger partial charge in [0, 0.05) is 25.7 Å². The normalized spacial score (nSPS) is 14.5. The molecule has 0 heterocycles. The molecule has 0 aliphatic carbocycles. The molecule has 0 saturated carbocycles. The number of ether oxygens (including phenoxy) is 4. The van der Waals surface area contributed by atoms with Crippen molar-refractivity contribution >= 4 is 39.5 Å². The summed E-state index contributed by atoms with van der Waals surface area (Å²) >= 11 is 0. The molecule has 0 fully saturated rings. The molecule has 0 spiro atoms. The second-order valence-corrected chi connectivity index (χ2v) is 29.7. The molecule has 0 aliphatic rings. The zero-order valence-electron chi connectivity index (χ0n) is 58.6. The highest BCUT2D eigenvalue weighted by Crippen LogP contribution is 2.45. The van der Waals surface area contributed by atoms with Crippen LogP contribution in [0.2, 0.25) is 0 Å². The van der Waals surface area contributed by atoms with Gasteiger partial charge < -0.3 is 33.8 Å². The van der Waals surface area contributed by atoms with E-state index in [9.17, 15) is 43.2 Å². The van der Waals surface area contributed by atoms with Crippen molar-refractivity contribution < 1.29 is 80.2 Å². The lowest BCUT2D eigenvalue weighted by molar-refractivity contribution is -0.161. The predicted molar refractivity (Wildman–Crippen MR) is 363 cm³/mol. The molecule has 0 aromatic heterocycles. The fourth-order valence-corrected chi connectivity index (χ4v) is 12.3. The van der Waals surface area contributed by atoms with Gasteiger partial charge in [0.05, 0.1) is 26.4 Å². The van der Waals surface area contributed by atoms with E-state index in [0.717, 1.165) is 114 Å². The molecule has 90 heavy (non-hydrogen) atoms. The Kier molecular flexibility index (Phi) is 60.6. The first-order chi connectivity index (χ1) is 43.3. The van der Waals surface area contributed by atoms with E-state index < -0.39 is 97.5 Å². The number of hydrogen-bond acceptors (Lipinski definition) is 15. The van der Waals surface area contributed by atoms with Crippen molar-refractivity contribution in [1.29, 1.82) is 0 Å². The summed E-state index contributed by atoms with van der Waals surface area (Å²) in [5.74, 6) is 0.229. The lowest BCUT2D eigenvalue weighted by atomic mass is 9.99. The molecular weight excluding hydrogens is 1190 g/mol. The summed E-state index contributed by atoms with van der Waals surface area (Å²) in [5.41, 5.74) is 0. The van der Waals surface area contributed by atoms with E-state index in [1.807, 2.05) is 0 Å². The molecule has 0 aromatic carbocycles. The van der Waals surface area contributed by atoms with Gasteiger partial charge in [-0.1, -0.05) is 305 Å². The van der Waals surface area contributed by atoms with Crippen LogP contribution < -0.4 is 0 Å². The van der Waals surface area contributed by atoms with Gasteiger partial charge in [0.2, 0.25) is 0 Å². The maximum atomic E-state index is 13.0. The SMILES string of the molecule is CCCCCCCC(=O)OC[C@H](COP(=O)(O)OC[C@H](O)COP(=O)(O)OC[C@@H](COC(=O)CCCCCCCCCCCCC(C)CC)OC(=O)CCCCCCCCCCCCCCCCCC(C)C)OC(=O)CCCCCCCCCCCCC(C)C. The van der Waals surface area contributed by atoms with Crippen LogP contribution in [0, 0.1) is 17.8 Å². The van der Waals surface area contributed by atoms with Gasteiger partial charge in [-0.3, -0.25) is 37.3 Å². The minimum atomic E-state index is -4.95. The molecular formula is C71H138O17P2. The van der Waals surface area contributed by atoms with Gasteiger partial charge in [-0.2, -0.15) is 0 Å². The van der Waals surface area contributed by atoms with Crippen molar-refractivity contribution in [3.05, 3.63) is 0 Å². The van der Waals surface area contributed by atoms with E-state index in [1.165, 1.54) is 161 Å². The Hall–Kier alpha value is -1.94. The van der Waals surface area contributed by atoms with Gasteiger partial charge in [0.1, 0.15) is 19.3 Å². The lowest BCUT2D eigenvalue weighted by Crippen LogP contribution is -2.30. The molecule has 6 atom stereocenters. The molecule has 0 bridgehead atoms. The molecule has 0 saturated heterocycles. The minimum Gasteiger partial charge on any atom is -0.462 e. The van der Waals surface area contributed by atoms with Gasteiger partial charge in [-0.05, 0) is 43.4 Å². The Morgan fingerprint density at radius 1 is 0.322 bits per heavy atom. The van der Waals surface area contributed by atoms with Crippen LogP contribution in [-0.2, 0) is 65.4 Å². The van der Waals surface area contributed by atoms with Gasteiger partial charge >= 0.3 is 39.5 Å². The average molecular weight is 1330 g/mol. The van der Waals surface area contributed by atoms with E-state index in [2.05, 4.69) is 48.5 Å². The fourth-order valence-electron chi connectivity index (χ4n) is 10.7. The highest BCUT2D eigenvalue weighted by Gasteiger charge is 2.30. The molecule has 17 nitrogen and oxygen atoms in total. The molecule has 0 aromatic rings. The van der Waals surface area contributed by atoms with Crippen LogP contribution in [0.3, 0.4) is 0 Å². The molecule has 3 unspecified atom stereocenters. The number of rotatable bonds is 69. The molecule has 19 heteroatoms. The van der Waals surface area contributed by atoms with Crippen molar-refractivity contribution in [2.24, 2.45) is 17.8 Å². The Balaban J connectivity index is 5.16. The molecule has 3 N–H and O–H groups in total. The third kappa shape index (κ3) is 63.5. The molecule has 0 amide bonds. The smallest absolute Gasteiger partial charge is 0.462 e. The second-order valence-electron chi connectivity index (χ2n) is 26.8. The quantitative estimate of drug-likeness (QED) is 0.0222. The van der Waals surface area contributed by atoms with E-state index >= 15 is 0 Å². The van der Waals surface area contributed by atoms with Crippen molar-refractivity contribution in [3.63, 3.8) is 0 Å².